The average molecular weight is 393 g/mol. The van der Waals surface area contributed by atoms with Crippen molar-refractivity contribution in [1.29, 1.82) is 0 Å². The van der Waals surface area contributed by atoms with Crippen molar-refractivity contribution >= 4 is 17.5 Å². The SMILES string of the molecule is COc1ccc(C(C)(C)C)cc1C=CC(=O)c1ccccc1N1CCN(C)CC1. The summed E-state index contributed by atoms with van der Waals surface area (Å²) in [5.41, 5.74) is 3.94. The van der Waals surface area contributed by atoms with Crippen LogP contribution in [0.3, 0.4) is 0 Å². The second kappa shape index (κ2) is 8.83. The Kier molecular flexibility index (Phi) is 6.43. The number of para-hydroxylation sites is 1. The highest BCUT2D eigenvalue weighted by Crippen LogP contribution is 2.29. The topological polar surface area (TPSA) is 32.8 Å². The molecule has 0 spiro atoms. The van der Waals surface area contributed by atoms with Crippen molar-refractivity contribution in [2.24, 2.45) is 0 Å². The van der Waals surface area contributed by atoms with Crippen LogP contribution >= 0.6 is 0 Å². The molecule has 1 fully saturated rings. The standard InChI is InChI=1S/C25H32N2O2/c1-25(2,3)20-11-13-24(29-5)19(18-20)10-12-23(28)21-8-6-7-9-22(21)27-16-14-26(4)15-17-27/h6-13,18H,14-17H2,1-5H3. The minimum Gasteiger partial charge on any atom is -0.496 e. The number of anilines is 1. The average Bonchev–Trinajstić information content (AvgIpc) is 2.71. The molecule has 0 unspecified atom stereocenters. The Bertz CT molecular complexity index is 888. The molecule has 1 aliphatic rings. The molecule has 1 saturated heterocycles. The largest absolute Gasteiger partial charge is 0.496 e. The van der Waals surface area contributed by atoms with Crippen molar-refractivity contribution in [2.45, 2.75) is 26.2 Å². The van der Waals surface area contributed by atoms with E-state index in [9.17, 15) is 4.79 Å². The normalized spacial score (nSPS) is 15.7. The number of nitrogens with zero attached hydrogens (tertiary/aromatic N) is 2. The highest BCUT2D eigenvalue weighted by molar-refractivity contribution is 6.10. The van der Waals surface area contributed by atoms with Gasteiger partial charge in [0.15, 0.2) is 5.78 Å². The minimum absolute atomic E-state index is 0.0164. The molecule has 0 aromatic heterocycles. The van der Waals surface area contributed by atoms with Gasteiger partial charge in [-0.25, -0.2) is 0 Å². The molecule has 2 aromatic carbocycles. The molecular formula is C25H32N2O2. The number of carbonyl (C=O) groups excluding carboxylic acids is 1. The van der Waals surface area contributed by atoms with Gasteiger partial charge in [0.2, 0.25) is 0 Å². The lowest BCUT2D eigenvalue weighted by atomic mass is 9.86. The van der Waals surface area contributed by atoms with E-state index in [-0.39, 0.29) is 11.2 Å². The van der Waals surface area contributed by atoms with Gasteiger partial charge in [-0.15, -0.1) is 0 Å². The quantitative estimate of drug-likeness (QED) is 0.548. The Labute approximate surface area is 174 Å². The molecule has 29 heavy (non-hydrogen) atoms. The number of likely N-dealkylation sites (N-methyl/N-ethyl adjacent to an activating group) is 1. The van der Waals surface area contributed by atoms with Crippen LogP contribution in [0.4, 0.5) is 5.69 Å². The van der Waals surface area contributed by atoms with Crippen LogP contribution in [0.5, 0.6) is 5.75 Å². The molecule has 1 heterocycles. The molecule has 0 N–H and O–H groups in total. The summed E-state index contributed by atoms with van der Waals surface area (Å²) < 4.78 is 5.50. The van der Waals surface area contributed by atoms with Crippen LogP contribution in [0.25, 0.3) is 6.08 Å². The number of piperazine rings is 1. The number of ketones is 1. The van der Waals surface area contributed by atoms with Crippen LogP contribution < -0.4 is 9.64 Å². The van der Waals surface area contributed by atoms with Gasteiger partial charge in [-0.2, -0.15) is 0 Å². The van der Waals surface area contributed by atoms with Gasteiger partial charge in [0, 0.05) is 43.0 Å². The molecule has 1 aliphatic heterocycles. The van der Waals surface area contributed by atoms with E-state index >= 15 is 0 Å². The maximum absolute atomic E-state index is 13.1. The number of hydrogen-bond acceptors (Lipinski definition) is 4. The van der Waals surface area contributed by atoms with E-state index in [1.54, 1.807) is 13.2 Å². The number of methoxy groups -OCH3 is 1. The third-order valence-electron chi connectivity index (χ3n) is 5.52. The molecule has 0 radical (unpaired) electrons. The fraction of sp³-hybridized carbons (Fsp3) is 0.400. The van der Waals surface area contributed by atoms with Crippen LogP contribution in [-0.4, -0.2) is 51.0 Å². The lowest BCUT2D eigenvalue weighted by Gasteiger charge is -2.34. The fourth-order valence-corrected chi connectivity index (χ4v) is 3.59. The molecule has 0 bridgehead atoms. The molecule has 154 valence electrons. The van der Waals surface area contributed by atoms with Gasteiger partial charge in [0.25, 0.3) is 0 Å². The zero-order chi connectivity index (χ0) is 21.0. The molecule has 4 heteroatoms. The number of ether oxygens (including phenoxy) is 1. The Morgan fingerprint density at radius 1 is 1.03 bits per heavy atom. The number of carbonyl (C=O) groups is 1. The van der Waals surface area contributed by atoms with Gasteiger partial charge in [0.05, 0.1) is 7.11 Å². The summed E-state index contributed by atoms with van der Waals surface area (Å²) in [4.78, 5) is 17.7. The van der Waals surface area contributed by atoms with Gasteiger partial charge in [0.1, 0.15) is 5.75 Å². The molecule has 2 aromatic rings. The third kappa shape index (κ3) is 5.07. The van der Waals surface area contributed by atoms with Gasteiger partial charge in [-0.3, -0.25) is 4.79 Å². The summed E-state index contributed by atoms with van der Waals surface area (Å²) in [7, 11) is 3.80. The van der Waals surface area contributed by atoms with Crippen molar-refractivity contribution in [2.75, 3.05) is 45.2 Å². The second-order valence-electron chi connectivity index (χ2n) is 8.71. The molecule has 3 rings (SSSR count). The lowest BCUT2D eigenvalue weighted by molar-refractivity contribution is 0.104. The first-order valence-corrected chi connectivity index (χ1v) is 10.2. The summed E-state index contributed by atoms with van der Waals surface area (Å²) in [5.74, 6) is 0.789. The number of hydrogen-bond donors (Lipinski definition) is 0. The highest BCUT2D eigenvalue weighted by atomic mass is 16.5. The first kappa shape index (κ1) is 21.1. The molecular weight excluding hydrogens is 360 g/mol. The molecule has 0 amide bonds. The first-order valence-electron chi connectivity index (χ1n) is 10.2. The van der Waals surface area contributed by atoms with E-state index in [2.05, 4.69) is 49.8 Å². The Hall–Kier alpha value is -2.59. The number of allylic oxidation sites excluding steroid dienone is 1. The Morgan fingerprint density at radius 3 is 2.38 bits per heavy atom. The van der Waals surface area contributed by atoms with E-state index < -0.39 is 0 Å². The summed E-state index contributed by atoms with van der Waals surface area (Å²) >= 11 is 0. The minimum atomic E-state index is 0.0164. The van der Waals surface area contributed by atoms with Crippen molar-refractivity contribution in [3.8, 4) is 5.75 Å². The van der Waals surface area contributed by atoms with E-state index in [0.29, 0.717) is 0 Å². The van der Waals surface area contributed by atoms with Gasteiger partial charge >= 0.3 is 0 Å². The number of benzene rings is 2. The zero-order valence-corrected chi connectivity index (χ0v) is 18.2. The van der Waals surface area contributed by atoms with Crippen LogP contribution in [0.1, 0.15) is 42.3 Å². The van der Waals surface area contributed by atoms with E-state index in [0.717, 1.165) is 48.7 Å². The van der Waals surface area contributed by atoms with Crippen molar-refractivity contribution in [1.82, 2.24) is 4.90 Å². The molecule has 0 aliphatic carbocycles. The molecule has 0 saturated carbocycles. The van der Waals surface area contributed by atoms with E-state index in [1.165, 1.54) is 5.56 Å². The van der Waals surface area contributed by atoms with Crippen molar-refractivity contribution in [3.63, 3.8) is 0 Å². The first-order chi connectivity index (χ1) is 13.8. The van der Waals surface area contributed by atoms with Gasteiger partial charge < -0.3 is 14.5 Å². The smallest absolute Gasteiger partial charge is 0.187 e. The highest BCUT2D eigenvalue weighted by Gasteiger charge is 2.19. The van der Waals surface area contributed by atoms with Crippen LogP contribution in [0.15, 0.2) is 48.5 Å². The number of rotatable bonds is 5. The summed E-state index contributed by atoms with van der Waals surface area (Å²) in [6.45, 7) is 10.4. The summed E-state index contributed by atoms with van der Waals surface area (Å²) in [5, 5.41) is 0. The predicted octanol–water partition coefficient (Wildman–Crippen LogP) is 4.64. The van der Waals surface area contributed by atoms with E-state index in [4.69, 9.17) is 4.74 Å². The third-order valence-corrected chi connectivity index (χ3v) is 5.52. The Balaban J connectivity index is 1.87. The fourth-order valence-electron chi connectivity index (χ4n) is 3.59. The van der Waals surface area contributed by atoms with Crippen molar-refractivity contribution in [3.05, 3.63) is 65.2 Å². The Morgan fingerprint density at radius 2 is 1.72 bits per heavy atom. The molecule has 4 nitrogen and oxygen atoms in total. The zero-order valence-electron chi connectivity index (χ0n) is 18.2. The van der Waals surface area contributed by atoms with Crippen LogP contribution in [0.2, 0.25) is 0 Å². The lowest BCUT2D eigenvalue weighted by Crippen LogP contribution is -2.44. The second-order valence-corrected chi connectivity index (χ2v) is 8.71. The van der Waals surface area contributed by atoms with E-state index in [1.807, 2.05) is 36.4 Å². The monoisotopic (exact) mass is 392 g/mol. The summed E-state index contributed by atoms with van der Waals surface area (Å²) in [6.07, 6.45) is 3.54. The van der Waals surface area contributed by atoms with Gasteiger partial charge in [-0.1, -0.05) is 39.0 Å². The van der Waals surface area contributed by atoms with Gasteiger partial charge in [-0.05, 0) is 54.4 Å². The van der Waals surface area contributed by atoms with Crippen molar-refractivity contribution < 1.29 is 9.53 Å². The maximum atomic E-state index is 13.1. The maximum Gasteiger partial charge on any atom is 0.187 e. The van der Waals surface area contributed by atoms with Crippen LogP contribution in [-0.2, 0) is 5.41 Å². The predicted molar refractivity (Wildman–Crippen MR) is 121 cm³/mol. The van der Waals surface area contributed by atoms with Crippen LogP contribution in [0, 0.1) is 0 Å². The molecule has 0 atom stereocenters. The summed E-state index contributed by atoms with van der Waals surface area (Å²) in [6, 6.07) is 14.1.